The molecule has 1 amide bonds. The zero-order valence-corrected chi connectivity index (χ0v) is 11.1. The van der Waals surface area contributed by atoms with Gasteiger partial charge in [0.05, 0.1) is 5.92 Å². The molecule has 1 aliphatic heterocycles. The third-order valence-corrected chi connectivity index (χ3v) is 3.11. The van der Waals surface area contributed by atoms with Gasteiger partial charge >= 0.3 is 0 Å². The monoisotopic (exact) mass is 272 g/mol. The predicted molar refractivity (Wildman–Crippen MR) is 72.6 cm³/mol. The molecular weight excluding hydrogens is 255 g/mol. The maximum Gasteiger partial charge on any atom is 0.228 e. The minimum atomic E-state index is -0.278. The average molecular weight is 273 g/mol. The van der Waals surface area contributed by atoms with Crippen molar-refractivity contribution in [2.45, 2.75) is 19.8 Å². The Labute approximate surface area is 113 Å². The Hall–Kier alpha value is -1.13. The first-order valence-corrected chi connectivity index (χ1v) is 5.94. The van der Waals surface area contributed by atoms with Crippen LogP contribution in [0, 0.1) is 18.7 Å². The lowest BCUT2D eigenvalue weighted by atomic mass is 9.98. The molecule has 1 saturated heterocycles. The minimum Gasteiger partial charge on any atom is -0.326 e. The fraction of sp³-hybridized carbons (Fsp3) is 0.462. The van der Waals surface area contributed by atoms with E-state index in [0.29, 0.717) is 5.69 Å². The van der Waals surface area contributed by atoms with E-state index in [4.69, 9.17) is 0 Å². The molecule has 0 aliphatic carbocycles. The zero-order chi connectivity index (χ0) is 12.3. The van der Waals surface area contributed by atoms with Crippen molar-refractivity contribution in [1.82, 2.24) is 5.32 Å². The van der Waals surface area contributed by atoms with Gasteiger partial charge in [0.15, 0.2) is 0 Å². The van der Waals surface area contributed by atoms with Gasteiger partial charge in [-0.1, -0.05) is 0 Å². The largest absolute Gasteiger partial charge is 0.326 e. The van der Waals surface area contributed by atoms with Crippen molar-refractivity contribution in [3.63, 3.8) is 0 Å². The molecule has 1 fully saturated rings. The van der Waals surface area contributed by atoms with E-state index in [2.05, 4.69) is 10.6 Å². The molecule has 2 rings (SSSR count). The highest BCUT2D eigenvalue weighted by Crippen LogP contribution is 2.18. The van der Waals surface area contributed by atoms with Crippen LogP contribution in [-0.4, -0.2) is 19.0 Å². The standard InChI is InChI=1S/C13H17FN2O.ClH/c1-9-7-11(14)4-5-12(9)16-13(17)10-3-2-6-15-8-10;/h4-5,7,10,15H,2-3,6,8H2,1H3,(H,16,17);1H. The highest BCUT2D eigenvalue weighted by atomic mass is 35.5. The van der Waals surface area contributed by atoms with Gasteiger partial charge in [-0.05, 0) is 50.1 Å². The van der Waals surface area contributed by atoms with E-state index < -0.39 is 0 Å². The Morgan fingerprint density at radius 2 is 2.28 bits per heavy atom. The van der Waals surface area contributed by atoms with Gasteiger partial charge in [0, 0.05) is 12.2 Å². The van der Waals surface area contributed by atoms with Crippen LogP contribution in [0.5, 0.6) is 0 Å². The van der Waals surface area contributed by atoms with Crippen molar-refractivity contribution in [3.8, 4) is 0 Å². The van der Waals surface area contributed by atoms with E-state index in [1.165, 1.54) is 12.1 Å². The van der Waals surface area contributed by atoms with E-state index in [9.17, 15) is 9.18 Å². The summed E-state index contributed by atoms with van der Waals surface area (Å²) in [5, 5.41) is 6.07. The van der Waals surface area contributed by atoms with Crippen LogP contribution in [0.3, 0.4) is 0 Å². The molecule has 3 nitrogen and oxygen atoms in total. The van der Waals surface area contributed by atoms with E-state index in [1.54, 1.807) is 13.0 Å². The summed E-state index contributed by atoms with van der Waals surface area (Å²) in [6.45, 7) is 3.50. The number of carbonyl (C=O) groups is 1. The van der Waals surface area contributed by atoms with E-state index in [1.807, 2.05) is 0 Å². The molecule has 0 aromatic heterocycles. The maximum atomic E-state index is 12.9. The highest BCUT2D eigenvalue weighted by molar-refractivity contribution is 5.93. The number of hydrogen-bond donors (Lipinski definition) is 2. The number of amides is 1. The van der Waals surface area contributed by atoms with Crippen LogP contribution in [0.15, 0.2) is 18.2 Å². The number of aryl methyl sites for hydroxylation is 1. The molecule has 18 heavy (non-hydrogen) atoms. The molecule has 0 saturated carbocycles. The topological polar surface area (TPSA) is 41.1 Å². The second-order valence-electron chi connectivity index (χ2n) is 4.49. The average Bonchev–Trinajstić information content (AvgIpc) is 2.34. The summed E-state index contributed by atoms with van der Waals surface area (Å²) in [5.74, 6) is -0.236. The van der Waals surface area contributed by atoms with Crippen LogP contribution >= 0.6 is 12.4 Å². The Bertz CT molecular complexity index is 419. The van der Waals surface area contributed by atoms with E-state index >= 15 is 0 Å². The summed E-state index contributed by atoms with van der Waals surface area (Å²) in [7, 11) is 0. The molecule has 100 valence electrons. The Balaban J connectivity index is 0.00000162. The summed E-state index contributed by atoms with van der Waals surface area (Å²) >= 11 is 0. The van der Waals surface area contributed by atoms with Crippen molar-refractivity contribution in [2.75, 3.05) is 18.4 Å². The number of rotatable bonds is 2. The third kappa shape index (κ3) is 3.68. The lowest BCUT2D eigenvalue weighted by Gasteiger charge is -2.22. The molecule has 1 aliphatic rings. The zero-order valence-electron chi connectivity index (χ0n) is 10.3. The van der Waals surface area contributed by atoms with Gasteiger partial charge in [-0.15, -0.1) is 12.4 Å². The van der Waals surface area contributed by atoms with Gasteiger partial charge in [-0.2, -0.15) is 0 Å². The fourth-order valence-electron chi connectivity index (χ4n) is 2.08. The number of halogens is 2. The maximum absolute atomic E-state index is 12.9. The first-order chi connectivity index (χ1) is 8.16. The van der Waals surface area contributed by atoms with Crippen molar-refractivity contribution in [3.05, 3.63) is 29.6 Å². The van der Waals surface area contributed by atoms with E-state index in [0.717, 1.165) is 31.5 Å². The molecule has 5 heteroatoms. The number of piperidine rings is 1. The molecule has 0 bridgehead atoms. The second-order valence-corrected chi connectivity index (χ2v) is 4.49. The highest BCUT2D eigenvalue weighted by Gasteiger charge is 2.21. The lowest BCUT2D eigenvalue weighted by molar-refractivity contribution is -0.120. The second kappa shape index (κ2) is 6.71. The van der Waals surface area contributed by atoms with Gasteiger partial charge in [-0.3, -0.25) is 4.79 Å². The molecule has 0 spiro atoms. The van der Waals surface area contributed by atoms with Crippen molar-refractivity contribution >= 4 is 24.0 Å². The lowest BCUT2D eigenvalue weighted by Crippen LogP contribution is -2.37. The van der Waals surface area contributed by atoms with Crippen LogP contribution in [0.25, 0.3) is 0 Å². The molecule has 2 N–H and O–H groups in total. The number of anilines is 1. The normalized spacial score (nSPS) is 18.9. The van der Waals surface area contributed by atoms with Gasteiger partial charge in [-0.25, -0.2) is 4.39 Å². The van der Waals surface area contributed by atoms with Gasteiger partial charge in [0.1, 0.15) is 5.82 Å². The fourth-order valence-corrected chi connectivity index (χ4v) is 2.08. The molecular formula is C13H18ClFN2O. The SMILES string of the molecule is Cc1cc(F)ccc1NC(=O)C1CCCNC1.Cl. The van der Waals surface area contributed by atoms with Crippen molar-refractivity contribution in [2.24, 2.45) is 5.92 Å². The van der Waals surface area contributed by atoms with Crippen LogP contribution < -0.4 is 10.6 Å². The van der Waals surface area contributed by atoms with Gasteiger partial charge < -0.3 is 10.6 Å². The van der Waals surface area contributed by atoms with Crippen LogP contribution in [0.1, 0.15) is 18.4 Å². The number of benzene rings is 1. The molecule has 1 aromatic carbocycles. The van der Waals surface area contributed by atoms with E-state index in [-0.39, 0.29) is 30.0 Å². The van der Waals surface area contributed by atoms with Crippen LogP contribution in [0.2, 0.25) is 0 Å². The molecule has 1 aromatic rings. The first kappa shape index (κ1) is 14.9. The number of hydrogen-bond acceptors (Lipinski definition) is 2. The summed E-state index contributed by atoms with van der Waals surface area (Å²) in [6, 6.07) is 4.40. The predicted octanol–water partition coefficient (Wildman–Crippen LogP) is 2.49. The molecule has 1 unspecified atom stereocenters. The van der Waals surface area contributed by atoms with Gasteiger partial charge in [0.25, 0.3) is 0 Å². The van der Waals surface area contributed by atoms with Crippen LogP contribution in [0.4, 0.5) is 10.1 Å². The van der Waals surface area contributed by atoms with Gasteiger partial charge in [0.2, 0.25) is 5.91 Å². The summed E-state index contributed by atoms with van der Waals surface area (Å²) in [5.41, 5.74) is 1.45. The van der Waals surface area contributed by atoms with Crippen molar-refractivity contribution in [1.29, 1.82) is 0 Å². The quantitative estimate of drug-likeness (QED) is 0.869. The Morgan fingerprint density at radius 3 is 2.89 bits per heavy atom. The Morgan fingerprint density at radius 1 is 1.50 bits per heavy atom. The minimum absolute atomic E-state index is 0. The van der Waals surface area contributed by atoms with Crippen LogP contribution in [-0.2, 0) is 4.79 Å². The third-order valence-electron chi connectivity index (χ3n) is 3.11. The molecule has 1 atom stereocenters. The van der Waals surface area contributed by atoms with Crippen molar-refractivity contribution < 1.29 is 9.18 Å². The number of carbonyl (C=O) groups excluding carboxylic acids is 1. The Kier molecular flexibility index (Phi) is 5.56. The first-order valence-electron chi connectivity index (χ1n) is 5.94. The smallest absolute Gasteiger partial charge is 0.228 e. The summed E-state index contributed by atoms with van der Waals surface area (Å²) in [6.07, 6.45) is 1.94. The molecule has 0 radical (unpaired) electrons. The number of nitrogens with one attached hydrogen (secondary N) is 2. The molecule has 1 heterocycles. The summed E-state index contributed by atoms with van der Waals surface area (Å²) in [4.78, 5) is 12.0. The summed E-state index contributed by atoms with van der Waals surface area (Å²) < 4.78 is 12.9.